The molecule has 6 aromatic rings. The topological polar surface area (TPSA) is 36.9 Å². The third-order valence-corrected chi connectivity index (χ3v) is 14.5. The summed E-state index contributed by atoms with van der Waals surface area (Å²) >= 11 is 0. The van der Waals surface area contributed by atoms with Crippen LogP contribution in [0.3, 0.4) is 0 Å². The van der Waals surface area contributed by atoms with E-state index in [1.54, 1.807) is 0 Å². The maximum absolute atomic E-state index is 6.99. The molecule has 0 aromatic heterocycles. The first-order valence-corrected chi connectivity index (χ1v) is 26.4. The summed E-state index contributed by atoms with van der Waals surface area (Å²) in [6.45, 7) is 33.8. The molecule has 2 unspecified atom stereocenters. The van der Waals surface area contributed by atoms with Crippen molar-refractivity contribution in [1.29, 1.82) is 0 Å². The SMILES string of the molecule is CC(C)Cc1ccc(OP(Oc2ccc(CC(C)C)cc2C(C)(C)C)c2ccc(-c3ccc(P(Oc4ccc(C(C)(C)C)cc4)Oc4ccc(C(C)(C)C)cc4CC(C)C)cc3)cc2)cc1. The molecule has 6 heteroatoms. The van der Waals surface area contributed by atoms with E-state index in [9.17, 15) is 0 Å². The molecule has 0 saturated heterocycles. The summed E-state index contributed by atoms with van der Waals surface area (Å²) in [6.07, 6.45) is 2.98. The fraction of sp³-hybridized carbons (Fsp3) is 0.400. The largest absolute Gasteiger partial charge is 0.435 e. The van der Waals surface area contributed by atoms with Crippen molar-refractivity contribution in [3.05, 3.63) is 167 Å². The van der Waals surface area contributed by atoms with E-state index in [0.29, 0.717) is 17.8 Å². The van der Waals surface area contributed by atoms with E-state index in [1.807, 2.05) is 0 Å². The molecule has 0 aliphatic carbocycles. The van der Waals surface area contributed by atoms with Gasteiger partial charge in [0, 0.05) is 5.56 Å². The van der Waals surface area contributed by atoms with Gasteiger partial charge in [-0.1, -0.05) is 177 Å². The van der Waals surface area contributed by atoms with Gasteiger partial charge < -0.3 is 18.1 Å². The Morgan fingerprint density at radius 3 is 1.24 bits per heavy atom. The first kappa shape index (κ1) is 50.8. The Balaban J connectivity index is 1.31. The number of rotatable bonds is 17. The van der Waals surface area contributed by atoms with Crippen molar-refractivity contribution in [2.75, 3.05) is 0 Å². The van der Waals surface area contributed by atoms with Crippen molar-refractivity contribution in [3.8, 4) is 34.1 Å². The second kappa shape index (κ2) is 21.6. The number of benzene rings is 6. The van der Waals surface area contributed by atoms with E-state index in [4.69, 9.17) is 18.1 Å². The van der Waals surface area contributed by atoms with E-state index in [0.717, 1.165) is 64.0 Å². The average molecular weight is 923 g/mol. The average Bonchev–Trinajstić information content (AvgIpc) is 3.23. The zero-order chi connectivity index (χ0) is 48.0. The van der Waals surface area contributed by atoms with E-state index in [-0.39, 0.29) is 16.2 Å². The van der Waals surface area contributed by atoms with Crippen molar-refractivity contribution in [1.82, 2.24) is 0 Å². The Labute approximate surface area is 401 Å². The lowest BCUT2D eigenvalue weighted by Crippen LogP contribution is -2.16. The van der Waals surface area contributed by atoms with Crippen LogP contribution in [0.2, 0.25) is 0 Å². The van der Waals surface area contributed by atoms with E-state index >= 15 is 0 Å². The second-order valence-electron chi connectivity index (χ2n) is 22.3. The molecule has 6 rings (SSSR count). The molecule has 66 heavy (non-hydrogen) atoms. The molecule has 350 valence electrons. The van der Waals surface area contributed by atoms with E-state index in [2.05, 4.69) is 237 Å². The van der Waals surface area contributed by atoms with Gasteiger partial charge in [0.15, 0.2) is 0 Å². The van der Waals surface area contributed by atoms with Gasteiger partial charge in [-0.25, -0.2) is 0 Å². The molecule has 0 amide bonds. The Morgan fingerprint density at radius 2 is 0.788 bits per heavy atom. The van der Waals surface area contributed by atoms with Crippen LogP contribution in [0.5, 0.6) is 23.0 Å². The van der Waals surface area contributed by atoms with Crippen molar-refractivity contribution >= 4 is 27.4 Å². The molecule has 0 aliphatic rings. The van der Waals surface area contributed by atoms with Gasteiger partial charge in [0.1, 0.15) is 23.0 Å². The highest BCUT2D eigenvalue weighted by molar-refractivity contribution is 7.57. The number of hydrogen-bond acceptors (Lipinski definition) is 4. The summed E-state index contributed by atoms with van der Waals surface area (Å²) in [5, 5.41) is 2.00. The first-order chi connectivity index (χ1) is 31.0. The van der Waals surface area contributed by atoms with Gasteiger partial charge in [0.05, 0.1) is 10.6 Å². The Morgan fingerprint density at radius 1 is 0.379 bits per heavy atom. The van der Waals surface area contributed by atoms with E-state index < -0.39 is 16.8 Å². The minimum absolute atomic E-state index is 0.0325. The molecule has 0 N–H and O–H groups in total. The summed E-state index contributed by atoms with van der Waals surface area (Å²) in [6, 6.07) is 47.7. The Kier molecular flexibility index (Phi) is 16.6. The summed E-state index contributed by atoms with van der Waals surface area (Å²) in [4.78, 5) is 0. The zero-order valence-electron chi connectivity index (χ0n) is 42.6. The van der Waals surface area contributed by atoms with Crippen LogP contribution in [0, 0.1) is 17.8 Å². The monoisotopic (exact) mass is 923 g/mol. The predicted octanol–water partition coefficient (Wildman–Crippen LogP) is 17.0. The smallest absolute Gasteiger partial charge is 0.326 e. The predicted molar refractivity (Wildman–Crippen MR) is 285 cm³/mol. The van der Waals surface area contributed by atoms with Crippen LogP contribution >= 0.6 is 16.8 Å². The Bertz CT molecular complexity index is 2470. The Hall–Kier alpha value is -4.62. The maximum atomic E-state index is 6.99. The normalized spacial score (nSPS) is 13.2. The maximum Gasteiger partial charge on any atom is 0.326 e. The quantitative estimate of drug-likeness (QED) is 0.0854. The lowest BCUT2D eigenvalue weighted by Gasteiger charge is -2.27. The molecular formula is C60H76O4P2. The van der Waals surface area contributed by atoms with Crippen LogP contribution in [0.15, 0.2) is 133 Å². The number of hydrogen-bond donors (Lipinski definition) is 0. The summed E-state index contributed by atoms with van der Waals surface area (Å²) < 4.78 is 27.6. The molecule has 0 bridgehead atoms. The highest BCUT2D eigenvalue weighted by Crippen LogP contribution is 2.46. The van der Waals surface area contributed by atoms with Crippen LogP contribution < -0.4 is 28.7 Å². The molecule has 0 aliphatic heterocycles. The molecule has 2 atom stereocenters. The fourth-order valence-electron chi connectivity index (χ4n) is 7.92. The summed E-state index contributed by atoms with van der Waals surface area (Å²) in [5.74, 6) is 4.96. The lowest BCUT2D eigenvalue weighted by atomic mass is 9.84. The summed E-state index contributed by atoms with van der Waals surface area (Å²) in [7, 11) is -3.05. The molecule has 0 fully saturated rings. The van der Waals surface area contributed by atoms with Gasteiger partial charge in [-0.15, -0.1) is 0 Å². The van der Waals surface area contributed by atoms with Crippen molar-refractivity contribution in [2.24, 2.45) is 17.8 Å². The van der Waals surface area contributed by atoms with Crippen LogP contribution in [-0.2, 0) is 35.5 Å². The van der Waals surface area contributed by atoms with Crippen molar-refractivity contribution in [3.63, 3.8) is 0 Å². The fourth-order valence-corrected chi connectivity index (χ4v) is 10.5. The molecule has 4 nitrogen and oxygen atoms in total. The van der Waals surface area contributed by atoms with Crippen LogP contribution in [0.4, 0.5) is 0 Å². The third-order valence-electron chi connectivity index (χ3n) is 11.6. The molecule has 0 radical (unpaired) electrons. The van der Waals surface area contributed by atoms with E-state index in [1.165, 1.54) is 33.4 Å². The van der Waals surface area contributed by atoms with Gasteiger partial charge in [-0.2, -0.15) is 0 Å². The lowest BCUT2D eigenvalue weighted by molar-refractivity contribution is 0.480. The molecule has 6 aromatic carbocycles. The van der Waals surface area contributed by atoms with Gasteiger partial charge in [-0.3, -0.25) is 0 Å². The molecule has 0 spiro atoms. The molecular weight excluding hydrogens is 847 g/mol. The molecule has 0 heterocycles. The first-order valence-electron chi connectivity index (χ1n) is 24.0. The van der Waals surface area contributed by atoms with Crippen molar-refractivity contribution < 1.29 is 18.1 Å². The third kappa shape index (κ3) is 14.2. The second-order valence-corrected chi connectivity index (χ2v) is 25.1. The van der Waals surface area contributed by atoms with Gasteiger partial charge in [0.2, 0.25) is 0 Å². The molecule has 0 saturated carbocycles. The van der Waals surface area contributed by atoms with Crippen molar-refractivity contribution in [2.45, 2.75) is 139 Å². The minimum Gasteiger partial charge on any atom is -0.435 e. The summed E-state index contributed by atoms with van der Waals surface area (Å²) in [5.41, 5.74) is 9.77. The highest BCUT2D eigenvalue weighted by atomic mass is 31.2. The van der Waals surface area contributed by atoms with Gasteiger partial charge in [-0.05, 0) is 153 Å². The van der Waals surface area contributed by atoms with Gasteiger partial charge >= 0.3 is 16.8 Å². The minimum atomic E-state index is -1.53. The highest BCUT2D eigenvalue weighted by Gasteiger charge is 2.27. The van der Waals surface area contributed by atoms with Gasteiger partial charge in [0.25, 0.3) is 0 Å². The standard InChI is InChI=1S/C60H76O4P2/c1-41(2)36-44-16-26-51(27-17-44)61-66(64-57-34-18-45(37-42(3)4)39-55(57)60(13,14)15)54-32-21-47(22-33-54)46-19-30-53(31-20-46)65(62-52-28-23-49(24-29-52)58(7,8)9)63-56-35-25-50(59(10,11)12)40-48(56)38-43(5)6/h16-35,39-43H,36-38H2,1-15H3. The van der Waals surface area contributed by atoms with Crippen LogP contribution in [0.1, 0.15) is 137 Å². The van der Waals surface area contributed by atoms with Crippen LogP contribution in [-0.4, -0.2) is 0 Å². The zero-order valence-corrected chi connectivity index (χ0v) is 44.4. The van der Waals surface area contributed by atoms with Crippen LogP contribution in [0.25, 0.3) is 11.1 Å².